The van der Waals surface area contributed by atoms with E-state index < -0.39 is 0 Å². The number of furan rings is 1. The fourth-order valence-electron chi connectivity index (χ4n) is 2.65. The van der Waals surface area contributed by atoms with Gasteiger partial charge in [0.1, 0.15) is 11.5 Å². The lowest BCUT2D eigenvalue weighted by Crippen LogP contribution is -2.28. The standard InChI is InChI=1S/C18H20N2O2S/c1-10(18-20-14-7-5-6-8-15(14)23-18)9-19-17(21)16-11(2)12(3)22-13(16)4/h5-8,10H,9H2,1-4H3,(H,19,21)/t10-/m0/s1. The number of benzene rings is 1. The molecule has 1 aromatic carbocycles. The third-order valence-corrected chi connectivity index (χ3v) is 5.36. The number of carbonyl (C=O) groups is 1. The maximum Gasteiger partial charge on any atom is 0.255 e. The van der Waals surface area contributed by atoms with Crippen LogP contribution in [-0.2, 0) is 0 Å². The van der Waals surface area contributed by atoms with E-state index in [4.69, 9.17) is 4.42 Å². The Kier molecular flexibility index (Phi) is 4.22. The number of hydrogen-bond acceptors (Lipinski definition) is 4. The molecule has 0 aliphatic rings. The summed E-state index contributed by atoms with van der Waals surface area (Å²) in [7, 11) is 0. The fraction of sp³-hybridized carbons (Fsp3) is 0.333. The van der Waals surface area contributed by atoms with Crippen molar-refractivity contribution in [2.24, 2.45) is 0 Å². The summed E-state index contributed by atoms with van der Waals surface area (Å²) in [6, 6.07) is 8.10. The number of fused-ring (bicyclic) bond motifs is 1. The van der Waals surface area contributed by atoms with Crippen molar-refractivity contribution in [2.75, 3.05) is 6.54 Å². The molecule has 0 radical (unpaired) electrons. The molecule has 0 saturated heterocycles. The van der Waals surface area contributed by atoms with Crippen LogP contribution in [0.3, 0.4) is 0 Å². The first-order valence-corrected chi connectivity index (χ1v) is 8.49. The van der Waals surface area contributed by atoms with Crippen molar-refractivity contribution in [3.63, 3.8) is 0 Å². The highest BCUT2D eigenvalue weighted by atomic mass is 32.1. The highest BCUT2D eigenvalue weighted by Gasteiger charge is 2.19. The topological polar surface area (TPSA) is 55.1 Å². The lowest BCUT2D eigenvalue weighted by molar-refractivity contribution is 0.0949. The Morgan fingerprint density at radius 1 is 1.26 bits per heavy atom. The SMILES string of the molecule is Cc1oc(C)c(C(=O)NC[C@H](C)c2nc3ccccc3s2)c1C. The Labute approximate surface area is 139 Å². The van der Waals surface area contributed by atoms with Crippen LogP contribution in [0, 0.1) is 20.8 Å². The molecule has 2 heterocycles. The minimum absolute atomic E-state index is 0.0789. The summed E-state index contributed by atoms with van der Waals surface area (Å²) in [4.78, 5) is 17.1. The molecule has 1 atom stereocenters. The second-order valence-electron chi connectivity index (χ2n) is 5.85. The Bertz CT molecular complexity index is 830. The molecule has 3 rings (SSSR count). The van der Waals surface area contributed by atoms with E-state index in [1.807, 2.05) is 39.0 Å². The Balaban J connectivity index is 1.71. The lowest BCUT2D eigenvalue weighted by Gasteiger charge is -2.10. The number of carbonyl (C=O) groups excluding carboxylic acids is 1. The zero-order chi connectivity index (χ0) is 16.6. The molecule has 0 aliphatic heterocycles. The molecule has 2 aromatic heterocycles. The molecule has 23 heavy (non-hydrogen) atoms. The molecular weight excluding hydrogens is 308 g/mol. The van der Waals surface area contributed by atoms with Crippen LogP contribution in [0.1, 0.15) is 45.3 Å². The molecule has 0 unspecified atom stereocenters. The zero-order valence-corrected chi connectivity index (χ0v) is 14.6. The molecule has 1 N–H and O–H groups in total. The van der Waals surface area contributed by atoms with Gasteiger partial charge in [0.25, 0.3) is 5.91 Å². The van der Waals surface area contributed by atoms with Crippen molar-refractivity contribution in [3.8, 4) is 0 Å². The summed E-state index contributed by atoms with van der Waals surface area (Å²) in [5.41, 5.74) is 2.58. The average molecular weight is 328 g/mol. The fourth-order valence-corrected chi connectivity index (χ4v) is 3.67. The van der Waals surface area contributed by atoms with Gasteiger partial charge >= 0.3 is 0 Å². The molecular formula is C18H20N2O2S. The summed E-state index contributed by atoms with van der Waals surface area (Å²) >= 11 is 1.68. The van der Waals surface area contributed by atoms with Gasteiger partial charge in [-0.15, -0.1) is 11.3 Å². The summed E-state index contributed by atoms with van der Waals surface area (Å²) in [5.74, 6) is 1.56. The van der Waals surface area contributed by atoms with Crippen molar-refractivity contribution >= 4 is 27.5 Å². The van der Waals surface area contributed by atoms with E-state index in [1.165, 1.54) is 4.70 Å². The molecule has 0 bridgehead atoms. The van der Waals surface area contributed by atoms with E-state index in [0.29, 0.717) is 17.9 Å². The largest absolute Gasteiger partial charge is 0.466 e. The number of nitrogens with one attached hydrogen (secondary N) is 1. The van der Waals surface area contributed by atoms with Gasteiger partial charge in [-0.25, -0.2) is 4.98 Å². The molecule has 3 aromatic rings. The van der Waals surface area contributed by atoms with Gasteiger partial charge in [-0.1, -0.05) is 19.1 Å². The first kappa shape index (κ1) is 15.7. The third kappa shape index (κ3) is 3.01. The van der Waals surface area contributed by atoms with Gasteiger partial charge in [-0.2, -0.15) is 0 Å². The smallest absolute Gasteiger partial charge is 0.255 e. The summed E-state index contributed by atoms with van der Waals surface area (Å²) in [5, 5.41) is 4.05. The number of rotatable bonds is 4. The van der Waals surface area contributed by atoms with Crippen LogP contribution in [-0.4, -0.2) is 17.4 Å². The lowest BCUT2D eigenvalue weighted by atomic mass is 10.1. The zero-order valence-electron chi connectivity index (χ0n) is 13.8. The summed E-state index contributed by atoms with van der Waals surface area (Å²) < 4.78 is 6.71. The molecule has 5 heteroatoms. The number of amides is 1. The van der Waals surface area contributed by atoms with E-state index in [-0.39, 0.29) is 11.8 Å². The maximum absolute atomic E-state index is 12.4. The maximum atomic E-state index is 12.4. The van der Waals surface area contributed by atoms with Crippen molar-refractivity contribution < 1.29 is 9.21 Å². The average Bonchev–Trinajstić information content (AvgIpc) is 3.06. The van der Waals surface area contributed by atoms with E-state index in [0.717, 1.165) is 21.8 Å². The van der Waals surface area contributed by atoms with Crippen LogP contribution in [0.5, 0.6) is 0 Å². The molecule has 0 aliphatic carbocycles. The number of hydrogen-bond donors (Lipinski definition) is 1. The molecule has 0 spiro atoms. The summed E-state index contributed by atoms with van der Waals surface area (Å²) in [6.45, 7) is 8.26. The van der Waals surface area contributed by atoms with Crippen molar-refractivity contribution in [1.82, 2.24) is 10.3 Å². The molecule has 0 saturated carbocycles. The van der Waals surface area contributed by atoms with Crippen LogP contribution >= 0.6 is 11.3 Å². The predicted octanol–water partition coefficient (Wildman–Crippen LogP) is 4.35. The minimum Gasteiger partial charge on any atom is -0.466 e. The highest BCUT2D eigenvalue weighted by molar-refractivity contribution is 7.18. The van der Waals surface area contributed by atoms with Crippen molar-refractivity contribution in [2.45, 2.75) is 33.6 Å². The number of nitrogens with zero attached hydrogens (tertiary/aromatic N) is 1. The van der Waals surface area contributed by atoms with Crippen molar-refractivity contribution in [3.05, 3.63) is 51.9 Å². The number of para-hydroxylation sites is 1. The Morgan fingerprint density at radius 3 is 2.65 bits per heavy atom. The second-order valence-corrected chi connectivity index (χ2v) is 6.91. The van der Waals surface area contributed by atoms with Gasteiger partial charge < -0.3 is 9.73 Å². The number of aryl methyl sites for hydroxylation is 2. The van der Waals surface area contributed by atoms with Crippen LogP contribution in [0.4, 0.5) is 0 Å². The first-order chi connectivity index (χ1) is 11.0. The van der Waals surface area contributed by atoms with Crippen molar-refractivity contribution in [1.29, 1.82) is 0 Å². The van der Waals surface area contributed by atoms with Gasteiger partial charge in [0, 0.05) is 18.0 Å². The van der Waals surface area contributed by atoms with Gasteiger partial charge in [-0.05, 0) is 32.9 Å². The van der Waals surface area contributed by atoms with Crippen LogP contribution < -0.4 is 5.32 Å². The monoisotopic (exact) mass is 328 g/mol. The molecule has 1 amide bonds. The number of thiazole rings is 1. The number of aromatic nitrogens is 1. The molecule has 120 valence electrons. The van der Waals surface area contributed by atoms with E-state index in [1.54, 1.807) is 11.3 Å². The van der Waals surface area contributed by atoms with E-state index in [9.17, 15) is 4.79 Å². The summed E-state index contributed by atoms with van der Waals surface area (Å²) in [6.07, 6.45) is 0. The van der Waals surface area contributed by atoms with Gasteiger partial charge in [0.2, 0.25) is 0 Å². The van der Waals surface area contributed by atoms with Gasteiger partial charge in [0.05, 0.1) is 20.8 Å². The first-order valence-electron chi connectivity index (χ1n) is 7.67. The normalized spacial score (nSPS) is 12.5. The third-order valence-electron chi connectivity index (χ3n) is 4.09. The minimum atomic E-state index is -0.0789. The van der Waals surface area contributed by atoms with Gasteiger partial charge in [-0.3, -0.25) is 4.79 Å². The Morgan fingerprint density at radius 2 is 2.00 bits per heavy atom. The predicted molar refractivity (Wildman–Crippen MR) is 93.3 cm³/mol. The molecule has 4 nitrogen and oxygen atoms in total. The molecule has 0 fully saturated rings. The van der Waals surface area contributed by atoms with Crippen LogP contribution in [0.2, 0.25) is 0 Å². The van der Waals surface area contributed by atoms with E-state index >= 15 is 0 Å². The van der Waals surface area contributed by atoms with E-state index in [2.05, 4.69) is 23.3 Å². The Hall–Kier alpha value is -2.14. The quantitative estimate of drug-likeness (QED) is 0.775. The van der Waals surface area contributed by atoms with Crippen LogP contribution in [0.25, 0.3) is 10.2 Å². The highest BCUT2D eigenvalue weighted by Crippen LogP contribution is 2.27. The second kappa shape index (κ2) is 6.16. The van der Waals surface area contributed by atoms with Crippen LogP contribution in [0.15, 0.2) is 28.7 Å². The van der Waals surface area contributed by atoms with Gasteiger partial charge in [0.15, 0.2) is 0 Å².